The van der Waals surface area contributed by atoms with Crippen molar-refractivity contribution >= 4 is 73.6 Å². The number of imide groups is 2. The fourth-order valence-corrected chi connectivity index (χ4v) is 6.02. The molecule has 46 heavy (non-hydrogen) atoms. The molecule has 4 amide bonds. The SMILES string of the molecule is CCOc1cc(/C=C2\C(=O)N(c3cccc(C)c3)C(=O)N(c3cccc4ccccc34)C2=O)cc(Br)c1OCc1ccc(Cl)cc1. The second-order valence-corrected chi connectivity index (χ2v) is 11.9. The predicted octanol–water partition coefficient (Wildman–Crippen LogP) is 9.13. The van der Waals surface area contributed by atoms with Crippen molar-refractivity contribution in [3.8, 4) is 11.5 Å². The van der Waals surface area contributed by atoms with Crippen LogP contribution in [-0.4, -0.2) is 24.5 Å². The van der Waals surface area contributed by atoms with E-state index in [0.717, 1.165) is 26.3 Å². The molecular weight excluding hydrogens is 668 g/mol. The van der Waals surface area contributed by atoms with Gasteiger partial charge in [-0.15, -0.1) is 0 Å². The van der Waals surface area contributed by atoms with Crippen molar-refractivity contribution in [2.24, 2.45) is 0 Å². The van der Waals surface area contributed by atoms with Crippen molar-refractivity contribution in [3.05, 3.63) is 135 Å². The van der Waals surface area contributed by atoms with Crippen molar-refractivity contribution in [1.29, 1.82) is 0 Å². The molecule has 230 valence electrons. The molecule has 5 aromatic carbocycles. The third-order valence-corrected chi connectivity index (χ3v) is 8.30. The summed E-state index contributed by atoms with van der Waals surface area (Å²) in [4.78, 5) is 44.5. The zero-order chi connectivity index (χ0) is 32.4. The molecule has 6 rings (SSSR count). The third kappa shape index (κ3) is 6.14. The molecular formula is C37H28BrClN2O5. The average Bonchev–Trinajstić information content (AvgIpc) is 3.04. The summed E-state index contributed by atoms with van der Waals surface area (Å²) in [7, 11) is 0. The molecule has 1 fully saturated rings. The van der Waals surface area contributed by atoms with Crippen LogP contribution >= 0.6 is 27.5 Å². The molecule has 0 saturated carbocycles. The molecule has 1 aliphatic rings. The van der Waals surface area contributed by atoms with Crippen LogP contribution in [0.2, 0.25) is 5.02 Å². The molecule has 1 saturated heterocycles. The molecule has 0 aliphatic carbocycles. The first kappa shape index (κ1) is 31.1. The maximum absolute atomic E-state index is 14.2. The molecule has 1 heterocycles. The second kappa shape index (κ2) is 13.2. The number of urea groups is 1. The minimum absolute atomic E-state index is 0.182. The summed E-state index contributed by atoms with van der Waals surface area (Å²) in [5, 5.41) is 2.18. The Morgan fingerprint density at radius 2 is 1.52 bits per heavy atom. The van der Waals surface area contributed by atoms with Gasteiger partial charge in [0.2, 0.25) is 0 Å². The number of halogens is 2. The monoisotopic (exact) mass is 694 g/mol. The number of hydrogen-bond acceptors (Lipinski definition) is 5. The van der Waals surface area contributed by atoms with Gasteiger partial charge in [-0.2, -0.15) is 0 Å². The highest BCUT2D eigenvalue weighted by Crippen LogP contribution is 2.39. The normalized spacial score (nSPS) is 14.3. The topological polar surface area (TPSA) is 76.2 Å². The summed E-state index contributed by atoms with van der Waals surface area (Å²) in [6, 6.07) is 29.9. The first-order valence-corrected chi connectivity index (χ1v) is 15.7. The number of barbiturate groups is 1. The van der Waals surface area contributed by atoms with Gasteiger partial charge in [0.05, 0.1) is 22.5 Å². The number of rotatable bonds is 8. The van der Waals surface area contributed by atoms with Gasteiger partial charge in [-0.3, -0.25) is 9.59 Å². The molecule has 1 aliphatic heterocycles. The lowest BCUT2D eigenvalue weighted by Crippen LogP contribution is -2.57. The number of aryl methyl sites for hydroxylation is 1. The summed E-state index contributed by atoms with van der Waals surface area (Å²) in [5.41, 5.74) is 2.84. The number of benzene rings is 5. The number of carbonyl (C=O) groups excluding carboxylic acids is 3. The van der Waals surface area contributed by atoms with Crippen LogP contribution in [0.15, 0.2) is 113 Å². The Morgan fingerprint density at radius 3 is 2.28 bits per heavy atom. The zero-order valence-electron chi connectivity index (χ0n) is 25.0. The van der Waals surface area contributed by atoms with E-state index in [2.05, 4.69) is 15.9 Å². The summed E-state index contributed by atoms with van der Waals surface area (Å²) in [6.07, 6.45) is 1.48. The van der Waals surface area contributed by atoms with E-state index in [1.807, 2.05) is 62.4 Å². The third-order valence-electron chi connectivity index (χ3n) is 7.46. The van der Waals surface area contributed by atoms with E-state index in [1.54, 1.807) is 54.6 Å². The van der Waals surface area contributed by atoms with Crippen LogP contribution in [0.1, 0.15) is 23.6 Å². The Morgan fingerprint density at radius 1 is 0.804 bits per heavy atom. The van der Waals surface area contributed by atoms with Gasteiger partial charge in [-0.05, 0) is 100 Å². The number of fused-ring (bicyclic) bond motifs is 1. The summed E-state index contributed by atoms with van der Waals surface area (Å²) in [6.45, 7) is 4.34. The van der Waals surface area contributed by atoms with Crippen LogP contribution in [0.5, 0.6) is 11.5 Å². The Labute approximate surface area is 279 Å². The molecule has 0 aromatic heterocycles. The first-order valence-electron chi connectivity index (χ1n) is 14.6. The molecule has 0 unspecified atom stereocenters. The van der Waals surface area contributed by atoms with Gasteiger partial charge in [0, 0.05) is 10.4 Å². The number of amides is 4. The number of ether oxygens (including phenoxy) is 2. The fourth-order valence-electron chi connectivity index (χ4n) is 5.32. The minimum atomic E-state index is -0.753. The van der Waals surface area contributed by atoms with Gasteiger partial charge in [-0.1, -0.05) is 72.3 Å². The average molecular weight is 696 g/mol. The van der Waals surface area contributed by atoms with Gasteiger partial charge in [0.25, 0.3) is 11.8 Å². The van der Waals surface area contributed by atoms with E-state index in [9.17, 15) is 14.4 Å². The molecule has 5 aromatic rings. The summed E-state index contributed by atoms with van der Waals surface area (Å²) >= 11 is 9.61. The molecule has 0 N–H and O–H groups in total. The first-order chi connectivity index (χ1) is 22.2. The van der Waals surface area contributed by atoms with E-state index < -0.39 is 17.8 Å². The van der Waals surface area contributed by atoms with E-state index in [0.29, 0.717) is 49.9 Å². The highest BCUT2D eigenvalue weighted by molar-refractivity contribution is 9.10. The van der Waals surface area contributed by atoms with Crippen LogP contribution in [0.25, 0.3) is 16.8 Å². The Bertz CT molecular complexity index is 2020. The van der Waals surface area contributed by atoms with E-state index >= 15 is 0 Å². The molecule has 0 radical (unpaired) electrons. The van der Waals surface area contributed by atoms with Gasteiger partial charge in [-0.25, -0.2) is 14.6 Å². The van der Waals surface area contributed by atoms with Gasteiger partial charge in [0.15, 0.2) is 11.5 Å². The number of nitrogens with zero attached hydrogens (tertiary/aromatic N) is 2. The molecule has 0 bridgehead atoms. The van der Waals surface area contributed by atoms with Crippen molar-refractivity contribution in [2.45, 2.75) is 20.5 Å². The molecule has 9 heteroatoms. The lowest BCUT2D eigenvalue weighted by Gasteiger charge is -2.34. The Kier molecular flexibility index (Phi) is 8.92. The van der Waals surface area contributed by atoms with Crippen LogP contribution < -0.4 is 19.3 Å². The lowest BCUT2D eigenvalue weighted by atomic mass is 10.0. The van der Waals surface area contributed by atoms with Gasteiger partial charge in [0.1, 0.15) is 12.2 Å². The van der Waals surface area contributed by atoms with Crippen LogP contribution in [0, 0.1) is 6.92 Å². The molecule has 0 spiro atoms. The Hall–Kier alpha value is -4.92. The minimum Gasteiger partial charge on any atom is -0.490 e. The highest BCUT2D eigenvalue weighted by Gasteiger charge is 2.44. The quantitative estimate of drug-likeness (QED) is 0.120. The van der Waals surface area contributed by atoms with Crippen LogP contribution in [-0.2, 0) is 16.2 Å². The smallest absolute Gasteiger partial charge is 0.343 e. The van der Waals surface area contributed by atoms with Gasteiger partial charge < -0.3 is 9.47 Å². The molecule has 7 nitrogen and oxygen atoms in total. The summed E-state index contributed by atoms with van der Waals surface area (Å²) < 4.78 is 12.6. The number of hydrogen-bond donors (Lipinski definition) is 0. The maximum Gasteiger partial charge on any atom is 0.343 e. The predicted molar refractivity (Wildman–Crippen MR) is 185 cm³/mol. The Balaban J connectivity index is 1.45. The van der Waals surface area contributed by atoms with Crippen molar-refractivity contribution in [2.75, 3.05) is 16.4 Å². The summed E-state index contributed by atoms with van der Waals surface area (Å²) in [5.74, 6) is -0.568. The van der Waals surface area contributed by atoms with Gasteiger partial charge >= 0.3 is 6.03 Å². The maximum atomic E-state index is 14.2. The number of carbonyl (C=O) groups is 3. The van der Waals surface area contributed by atoms with Crippen molar-refractivity contribution in [3.63, 3.8) is 0 Å². The zero-order valence-corrected chi connectivity index (χ0v) is 27.3. The van der Waals surface area contributed by atoms with Crippen molar-refractivity contribution < 1.29 is 23.9 Å². The fraction of sp³-hybridized carbons (Fsp3) is 0.108. The second-order valence-electron chi connectivity index (χ2n) is 10.6. The largest absolute Gasteiger partial charge is 0.490 e. The highest BCUT2D eigenvalue weighted by atomic mass is 79.9. The van der Waals surface area contributed by atoms with Crippen LogP contribution in [0.3, 0.4) is 0 Å². The van der Waals surface area contributed by atoms with Crippen molar-refractivity contribution in [1.82, 2.24) is 0 Å². The lowest BCUT2D eigenvalue weighted by molar-refractivity contribution is -0.121. The van der Waals surface area contributed by atoms with E-state index in [1.165, 1.54) is 6.08 Å². The van der Waals surface area contributed by atoms with E-state index in [-0.39, 0.29) is 12.2 Å². The van der Waals surface area contributed by atoms with E-state index in [4.69, 9.17) is 21.1 Å². The standard InChI is InChI=1S/C37H28BrClN2O5/c1-3-45-33-21-25(20-31(38)34(33)46-22-24-14-16-27(39)17-15-24)19-30-35(42)40(28-11-6-8-23(2)18-28)37(44)41(36(30)43)32-13-7-10-26-9-4-5-12-29(26)32/h4-21H,3,22H2,1-2H3/b30-19+. The number of anilines is 2. The molecule has 0 atom stereocenters. The van der Waals surface area contributed by atoms with Crippen LogP contribution in [0.4, 0.5) is 16.2 Å².